The zero-order chi connectivity index (χ0) is 19.5. The maximum absolute atomic E-state index is 13.0. The Morgan fingerprint density at radius 1 is 1.11 bits per heavy atom. The molecule has 0 aliphatic rings. The molecule has 28 heavy (non-hydrogen) atoms. The van der Waals surface area contributed by atoms with E-state index in [4.69, 9.17) is 10.5 Å². The Kier molecular flexibility index (Phi) is 4.50. The number of nitrogens with two attached hydrogens (primary N) is 1. The highest BCUT2D eigenvalue weighted by Gasteiger charge is 2.16. The summed E-state index contributed by atoms with van der Waals surface area (Å²) in [6.07, 6.45) is 0. The number of anilines is 3. The largest absolute Gasteiger partial charge is 0.453 e. The minimum Gasteiger partial charge on any atom is -0.453 e. The molecule has 0 spiro atoms. The molecule has 0 aliphatic heterocycles. The molecule has 9 nitrogen and oxygen atoms in total. The zero-order valence-electron chi connectivity index (χ0n) is 14.4. The van der Waals surface area contributed by atoms with Crippen molar-refractivity contribution in [1.29, 1.82) is 0 Å². The lowest BCUT2D eigenvalue weighted by Gasteiger charge is -2.07. The maximum Gasteiger partial charge on any atom is 0.359 e. The molecule has 0 unspecified atom stereocenters. The van der Waals surface area contributed by atoms with E-state index in [0.29, 0.717) is 11.1 Å². The van der Waals surface area contributed by atoms with Gasteiger partial charge in [-0.05, 0) is 30.3 Å². The second-order valence-electron chi connectivity index (χ2n) is 5.76. The highest BCUT2D eigenvalue weighted by atomic mass is 19.1. The average Bonchev–Trinajstić information content (AvgIpc) is 3.12. The van der Waals surface area contributed by atoms with Crippen molar-refractivity contribution in [2.24, 2.45) is 0 Å². The van der Waals surface area contributed by atoms with Crippen molar-refractivity contribution in [3.8, 4) is 0 Å². The number of ether oxygens (including phenoxy) is 1. The first-order valence-electron chi connectivity index (χ1n) is 8.22. The predicted molar refractivity (Wildman–Crippen MR) is 99.1 cm³/mol. The minimum absolute atomic E-state index is 0.0455. The van der Waals surface area contributed by atoms with E-state index >= 15 is 0 Å². The Morgan fingerprint density at radius 3 is 2.71 bits per heavy atom. The molecule has 140 valence electrons. The van der Waals surface area contributed by atoms with E-state index in [2.05, 4.69) is 30.5 Å². The molecule has 2 aromatic heterocycles. The van der Waals surface area contributed by atoms with Gasteiger partial charge in [-0.1, -0.05) is 18.2 Å². The Balaban J connectivity index is 1.48. The van der Waals surface area contributed by atoms with Gasteiger partial charge in [0, 0.05) is 11.1 Å². The number of aromatic amines is 1. The zero-order valence-corrected chi connectivity index (χ0v) is 14.4. The molecule has 4 N–H and O–H groups in total. The van der Waals surface area contributed by atoms with Crippen LogP contribution in [0.15, 0.2) is 48.5 Å². The fourth-order valence-corrected chi connectivity index (χ4v) is 2.54. The normalized spacial score (nSPS) is 10.8. The van der Waals surface area contributed by atoms with Gasteiger partial charge in [0.25, 0.3) is 0 Å². The molecule has 0 fully saturated rings. The van der Waals surface area contributed by atoms with E-state index in [-0.39, 0.29) is 35.8 Å². The van der Waals surface area contributed by atoms with E-state index in [1.165, 1.54) is 24.3 Å². The molecular weight excluding hydrogens is 365 g/mol. The molecule has 0 radical (unpaired) electrons. The monoisotopic (exact) mass is 379 g/mol. The Bertz CT molecular complexity index is 1140. The van der Waals surface area contributed by atoms with Gasteiger partial charge in [-0.3, -0.25) is 5.10 Å². The van der Waals surface area contributed by atoms with Crippen LogP contribution < -0.4 is 11.1 Å². The first-order chi connectivity index (χ1) is 13.6. The fourth-order valence-electron chi connectivity index (χ4n) is 2.54. The number of fused-ring (bicyclic) bond motifs is 1. The third-order valence-electron chi connectivity index (χ3n) is 3.80. The lowest BCUT2D eigenvalue weighted by atomic mass is 10.2. The van der Waals surface area contributed by atoms with Crippen LogP contribution in [0.4, 0.5) is 22.0 Å². The number of rotatable bonds is 5. The second-order valence-corrected chi connectivity index (χ2v) is 5.76. The number of halogens is 1. The molecular formula is C18H14FN7O2. The summed E-state index contributed by atoms with van der Waals surface area (Å²) >= 11 is 0. The predicted octanol–water partition coefficient (Wildman–Crippen LogP) is 2.57. The number of esters is 1. The van der Waals surface area contributed by atoms with E-state index in [0.717, 1.165) is 5.52 Å². The molecule has 0 aliphatic carbocycles. The molecule has 0 bridgehead atoms. The Morgan fingerprint density at radius 2 is 1.89 bits per heavy atom. The summed E-state index contributed by atoms with van der Waals surface area (Å²) < 4.78 is 18.2. The van der Waals surface area contributed by atoms with Crippen LogP contribution in [-0.4, -0.2) is 31.1 Å². The summed E-state index contributed by atoms with van der Waals surface area (Å²) in [7, 11) is 0. The minimum atomic E-state index is -0.621. The van der Waals surface area contributed by atoms with Gasteiger partial charge in [0.2, 0.25) is 11.9 Å². The van der Waals surface area contributed by atoms with Crippen molar-refractivity contribution in [2.45, 2.75) is 6.61 Å². The summed E-state index contributed by atoms with van der Waals surface area (Å²) in [6.45, 7) is -0.217. The number of para-hydroxylation sites is 1. The third-order valence-corrected chi connectivity index (χ3v) is 3.80. The van der Waals surface area contributed by atoms with Gasteiger partial charge < -0.3 is 15.8 Å². The number of carbonyl (C=O) groups is 1. The maximum atomic E-state index is 13.0. The van der Waals surface area contributed by atoms with Crippen molar-refractivity contribution in [3.63, 3.8) is 0 Å². The van der Waals surface area contributed by atoms with Crippen molar-refractivity contribution in [2.75, 3.05) is 11.1 Å². The van der Waals surface area contributed by atoms with Gasteiger partial charge in [0.15, 0.2) is 18.1 Å². The molecule has 4 rings (SSSR count). The second kappa shape index (κ2) is 7.27. The van der Waals surface area contributed by atoms with Crippen molar-refractivity contribution >= 4 is 34.5 Å². The number of aromatic nitrogens is 5. The molecule has 0 atom stereocenters. The molecule has 0 amide bonds. The smallest absolute Gasteiger partial charge is 0.359 e. The highest BCUT2D eigenvalue weighted by Crippen LogP contribution is 2.17. The Hall–Kier alpha value is -4.08. The molecule has 0 saturated carbocycles. The van der Waals surface area contributed by atoms with Crippen molar-refractivity contribution in [1.82, 2.24) is 25.1 Å². The van der Waals surface area contributed by atoms with Crippen molar-refractivity contribution < 1.29 is 13.9 Å². The third kappa shape index (κ3) is 3.70. The van der Waals surface area contributed by atoms with Gasteiger partial charge in [0.05, 0.1) is 5.52 Å². The highest BCUT2D eigenvalue weighted by molar-refractivity contribution is 6.01. The number of hydrogen-bond acceptors (Lipinski definition) is 8. The summed E-state index contributed by atoms with van der Waals surface area (Å²) in [5.41, 5.74) is 7.16. The van der Waals surface area contributed by atoms with Crippen LogP contribution in [0.5, 0.6) is 0 Å². The van der Waals surface area contributed by atoms with Gasteiger partial charge in [0.1, 0.15) is 5.82 Å². The molecule has 0 saturated heterocycles. The average molecular weight is 379 g/mol. The van der Waals surface area contributed by atoms with E-state index in [1.807, 2.05) is 6.07 Å². The summed E-state index contributed by atoms with van der Waals surface area (Å²) in [5, 5.41) is 10.3. The summed E-state index contributed by atoms with van der Waals surface area (Å²) in [4.78, 5) is 24.4. The van der Waals surface area contributed by atoms with Crippen LogP contribution in [-0.2, 0) is 11.3 Å². The number of nitrogens with one attached hydrogen (secondary N) is 2. The number of benzene rings is 2. The quantitative estimate of drug-likeness (QED) is 0.451. The molecule has 10 heteroatoms. The first kappa shape index (κ1) is 17.3. The number of nitrogens with zero attached hydrogens (tertiary/aromatic N) is 4. The standard InChI is InChI=1S/C18H14FN7O2/c19-10-5-7-11(8-6-10)21-18-23-14(22-17(20)24-18)9-28-16(27)15-12-3-1-2-4-13(12)25-26-15/h1-8H,9H2,(H,25,26)(H3,20,21,22,23,24). The summed E-state index contributed by atoms with van der Waals surface area (Å²) in [5.74, 6) is -0.722. The SMILES string of the molecule is Nc1nc(COC(=O)c2n[nH]c3ccccc23)nc(Nc2ccc(F)cc2)n1. The van der Waals surface area contributed by atoms with Crippen LogP contribution in [0.1, 0.15) is 16.3 Å². The summed E-state index contributed by atoms with van der Waals surface area (Å²) in [6, 6.07) is 12.8. The lowest BCUT2D eigenvalue weighted by molar-refractivity contribution is 0.0457. The number of nitrogen functional groups attached to an aromatic ring is 1. The van der Waals surface area contributed by atoms with E-state index in [1.54, 1.807) is 18.2 Å². The van der Waals surface area contributed by atoms with Gasteiger partial charge in [-0.15, -0.1) is 0 Å². The molecule has 2 heterocycles. The van der Waals surface area contributed by atoms with E-state index in [9.17, 15) is 9.18 Å². The Labute approximate surface area is 157 Å². The molecule has 4 aromatic rings. The van der Waals surface area contributed by atoms with Crippen LogP contribution in [0.3, 0.4) is 0 Å². The van der Waals surface area contributed by atoms with Crippen LogP contribution in [0.2, 0.25) is 0 Å². The van der Waals surface area contributed by atoms with Crippen molar-refractivity contribution in [3.05, 3.63) is 65.9 Å². The van der Waals surface area contributed by atoms with Gasteiger partial charge in [-0.25, -0.2) is 9.18 Å². The van der Waals surface area contributed by atoms with Crippen LogP contribution in [0.25, 0.3) is 10.9 Å². The van der Waals surface area contributed by atoms with E-state index < -0.39 is 5.97 Å². The topological polar surface area (TPSA) is 132 Å². The number of hydrogen-bond donors (Lipinski definition) is 3. The van der Waals surface area contributed by atoms with Crippen LogP contribution in [0, 0.1) is 5.82 Å². The first-order valence-corrected chi connectivity index (χ1v) is 8.22. The van der Waals surface area contributed by atoms with Gasteiger partial charge >= 0.3 is 5.97 Å². The number of carbonyl (C=O) groups excluding carboxylic acids is 1. The lowest BCUT2D eigenvalue weighted by Crippen LogP contribution is -2.11. The molecule has 2 aromatic carbocycles. The van der Waals surface area contributed by atoms with Crippen LogP contribution >= 0.6 is 0 Å². The fraction of sp³-hybridized carbons (Fsp3) is 0.0556. The van der Waals surface area contributed by atoms with Gasteiger partial charge in [-0.2, -0.15) is 20.1 Å². The number of H-pyrrole nitrogens is 1.